The highest BCUT2D eigenvalue weighted by atomic mass is 16.5. The van der Waals surface area contributed by atoms with Crippen molar-refractivity contribution in [2.24, 2.45) is 0 Å². The molecular weight excluding hydrogens is 176 g/mol. The summed E-state index contributed by atoms with van der Waals surface area (Å²) in [6.45, 7) is 3.13. The number of carbonyl (C=O) groups excluding carboxylic acids is 1. The highest BCUT2D eigenvalue weighted by molar-refractivity contribution is 5.88. The quantitative estimate of drug-likeness (QED) is 0.360. The van der Waals surface area contributed by atoms with Gasteiger partial charge in [0.1, 0.15) is 6.26 Å². The Labute approximate surface area is 74.9 Å². The fourth-order valence-electron chi connectivity index (χ4n) is 0.474. The maximum Gasteiger partial charge on any atom is 0.338 e. The van der Waals surface area contributed by atoms with Crippen LogP contribution in [-0.4, -0.2) is 28.8 Å². The lowest BCUT2D eigenvalue weighted by Crippen LogP contribution is -2.04. The van der Waals surface area contributed by atoms with E-state index in [2.05, 4.69) is 11.3 Å². The number of aliphatic carboxylic acids is 1. The first-order chi connectivity index (χ1) is 6.07. The summed E-state index contributed by atoms with van der Waals surface area (Å²) in [4.78, 5) is 20.8. The van der Waals surface area contributed by atoms with Crippen molar-refractivity contribution in [2.75, 3.05) is 6.61 Å². The van der Waals surface area contributed by atoms with Crippen LogP contribution in [0.15, 0.2) is 24.5 Å². The predicted molar refractivity (Wildman–Crippen MR) is 43.7 cm³/mol. The molecule has 0 aromatic rings. The summed E-state index contributed by atoms with van der Waals surface area (Å²) in [5, 5.41) is 16.5. The second-order valence-corrected chi connectivity index (χ2v) is 2.12. The minimum Gasteiger partial charge on any atom is -0.478 e. The van der Waals surface area contributed by atoms with Crippen molar-refractivity contribution in [3.05, 3.63) is 24.5 Å². The molecule has 72 valence electrons. The van der Waals surface area contributed by atoms with Crippen LogP contribution in [0, 0.1) is 0 Å². The Bertz CT molecular complexity index is 241. The molecule has 0 aliphatic heterocycles. The number of ether oxygens (including phenoxy) is 1. The molecule has 0 aliphatic carbocycles. The van der Waals surface area contributed by atoms with Crippen molar-refractivity contribution in [1.82, 2.24) is 0 Å². The molecule has 0 amide bonds. The van der Waals surface area contributed by atoms with Gasteiger partial charge >= 0.3 is 11.9 Å². The molecule has 0 spiro atoms. The molecule has 0 saturated carbocycles. The van der Waals surface area contributed by atoms with E-state index < -0.39 is 11.9 Å². The third kappa shape index (κ3) is 5.63. The van der Waals surface area contributed by atoms with Crippen LogP contribution in [0.4, 0.5) is 0 Å². The first kappa shape index (κ1) is 11.4. The smallest absolute Gasteiger partial charge is 0.338 e. The fourth-order valence-corrected chi connectivity index (χ4v) is 0.474. The van der Waals surface area contributed by atoms with Crippen molar-refractivity contribution in [2.45, 2.75) is 6.42 Å². The Morgan fingerprint density at radius 2 is 2.08 bits per heavy atom. The Hall–Kier alpha value is -1.62. The third-order valence-corrected chi connectivity index (χ3v) is 1.09. The molecule has 5 nitrogen and oxygen atoms in total. The van der Waals surface area contributed by atoms with Gasteiger partial charge < -0.3 is 14.9 Å². The zero-order chi connectivity index (χ0) is 10.3. The monoisotopic (exact) mass is 186 g/mol. The van der Waals surface area contributed by atoms with Crippen molar-refractivity contribution >= 4 is 11.9 Å². The second kappa shape index (κ2) is 5.96. The number of esters is 1. The predicted octanol–water partition coefficient (Wildman–Crippen LogP) is 0.0665. The van der Waals surface area contributed by atoms with Crippen LogP contribution in [-0.2, 0) is 14.3 Å². The molecule has 0 rings (SSSR count). The minimum atomic E-state index is -1.21. The number of carboxylic acid groups (broad SMARTS) is 1. The molecule has 0 heterocycles. The van der Waals surface area contributed by atoms with Crippen molar-refractivity contribution in [3.8, 4) is 0 Å². The van der Waals surface area contributed by atoms with E-state index >= 15 is 0 Å². The van der Waals surface area contributed by atoms with Gasteiger partial charge in [-0.25, -0.2) is 9.59 Å². The zero-order valence-electron chi connectivity index (χ0n) is 6.90. The van der Waals surface area contributed by atoms with E-state index in [4.69, 9.17) is 10.2 Å². The summed E-state index contributed by atoms with van der Waals surface area (Å²) < 4.78 is 4.36. The van der Waals surface area contributed by atoms with Gasteiger partial charge in [-0.15, -0.1) is 0 Å². The van der Waals surface area contributed by atoms with Gasteiger partial charge in [0.05, 0.1) is 6.08 Å². The Kier molecular flexibility index (Phi) is 5.22. The van der Waals surface area contributed by atoms with Crippen molar-refractivity contribution in [3.63, 3.8) is 0 Å². The van der Waals surface area contributed by atoms with Gasteiger partial charge in [-0.2, -0.15) is 0 Å². The van der Waals surface area contributed by atoms with Crippen LogP contribution < -0.4 is 0 Å². The largest absolute Gasteiger partial charge is 0.478 e. The lowest BCUT2D eigenvalue weighted by molar-refractivity contribution is -0.134. The molecular formula is C8H10O5. The van der Waals surface area contributed by atoms with Crippen LogP contribution in [0.3, 0.4) is 0 Å². The van der Waals surface area contributed by atoms with Crippen LogP contribution in [0.1, 0.15) is 6.42 Å². The number of hydrogen-bond acceptors (Lipinski definition) is 4. The van der Waals surface area contributed by atoms with E-state index in [1.54, 1.807) is 0 Å². The molecule has 0 fully saturated rings. The minimum absolute atomic E-state index is 0.0949. The molecule has 0 aromatic carbocycles. The summed E-state index contributed by atoms with van der Waals surface area (Å²) in [7, 11) is 0. The Balaban J connectivity index is 3.87. The van der Waals surface area contributed by atoms with Crippen LogP contribution in [0.5, 0.6) is 0 Å². The van der Waals surface area contributed by atoms with E-state index in [-0.39, 0.29) is 18.6 Å². The van der Waals surface area contributed by atoms with Gasteiger partial charge in [0.25, 0.3) is 0 Å². The van der Waals surface area contributed by atoms with E-state index in [1.807, 2.05) is 0 Å². The lowest BCUT2D eigenvalue weighted by atomic mass is 10.2. The molecule has 5 heteroatoms. The van der Waals surface area contributed by atoms with Gasteiger partial charge in [-0.05, 0) is 0 Å². The maximum absolute atomic E-state index is 10.8. The molecule has 0 saturated heterocycles. The van der Waals surface area contributed by atoms with Gasteiger partial charge in [-0.3, -0.25) is 0 Å². The molecule has 0 aromatic heterocycles. The average molecular weight is 186 g/mol. The van der Waals surface area contributed by atoms with Crippen molar-refractivity contribution in [1.29, 1.82) is 0 Å². The number of carbonyl (C=O) groups is 2. The summed E-state index contributed by atoms with van der Waals surface area (Å²) in [5.74, 6) is -1.95. The number of rotatable bonds is 5. The molecule has 13 heavy (non-hydrogen) atoms. The van der Waals surface area contributed by atoms with Crippen molar-refractivity contribution < 1.29 is 24.5 Å². The number of aliphatic hydroxyl groups is 1. The van der Waals surface area contributed by atoms with Gasteiger partial charge in [0, 0.05) is 18.6 Å². The highest BCUT2D eigenvalue weighted by Crippen LogP contribution is 1.99. The van der Waals surface area contributed by atoms with Gasteiger partial charge in [0.15, 0.2) is 0 Å². The number of carboxylic acids is 1. The SMILES string of the molecule is C=C(CCO)C(=O)OC=CC(=O)O. The highest BCUT2D eigenvalue weighted by Gasteiger charge is 2.05. The summed E-state index contributed by atoms with van der Waals surface area (Å²) >= 11 is 0. The Morgan fingerprint density at radius 3 is 2.54 bits per heavy atom. The van der Waals surface area contributed by atoms with Gasteiger partial charge in [-0.1, -0.05) is 6.58 Å². The first-order valence-electron chi connectivity index (χ1n) is 3.47. The summed E-state index contributed by atoms with van der Waals surface area (Å²) in [5.41, 5.74) is 0.0949. The number of hydrogen-bond donors (Lipinski definition) is 2. The fraction of sp³-hybridized carbons (Fsp3) is 0.250. The first-order valence-corrected chi connectivity index (χ1v) is 3.47. The molecule has 0 atom stereocenters. The van der Waals surface area contributed by atoms with E-state index in [9.17, 15) is 9.59 Å². The molecule has 0 unspecified atom stereocenters. The topological polar surface area (TPSA) is 83.8 Å². The number of aliphatic hydroxyl groups excluding tert-OH is 1. The van der Waals surface area contributed by atoms with Crippen LogP contribution >= 0.6 is 0 Å². The third-order valence-electron chi connectivity index (χ3n) is 1.09. The standard InChI is InChI=1S/C8H10O5/c1-6(2-4-9)8(12)13-5-3-7(10)11/h3,5,9H,1-2,4H2,(H,10,11). The zero-order valence-corrected chi connectivity index (χ0v) is 6.90. The normalized spacial score (nSPS) is 9.92. The lowest BCUT2D eigenvalue weighted by Gasteiger charge is -1.99. The van der Waals surface area contributed by atoms with Gasteiger partial charge in [0.2, 0.25) is 0 Å². The van der Waals surface area contributed by atoms with Crippen LogP contribution in [0.25, 0.3) is 0 Å². The molecule has 0 radical (unpaired) electrons. The van der Waals surface area contributed by atoms with E-state index in [0.29, 0.717) is 6.08 Å². The molecule has 2 N–H and O–H groups in total. The van der Waals surface area contributed by atoms with E-state index in [1.165, 1.54) is 0 Å². The van der Waals surface area contributed by atoms with Crippen LogP contribution in [0.2, 0.25) is 0 Å². The summed E-state index contributed by atoms with van der Waals surface area (Å²) in [6, 6.07) is 0. The molecule has 0 bridgehead atoms. The average Bonchev–Trinajstić information content (AvgIpc) is 2.04. The second-order valence-electron chi connectivity index (χ2n) is 2.12. The maximum atomic E-state index is 10.8. The van der Waals surface area contributed by atoms with E-state index in [0.717, 1.165) is 6.26 Å². The Morgan fingerprint density at radius 1 is 1.46 bits per heavy atom. The summed E-state index contributed by atoms with van der Waals surface area (Å²) in [6.07, 6.45) is 1.55. The molecule has 0 aliphatic rings.